The van der Waals surface area contributed by atoms with Crippen molar-refractivity contribution in [2.24, 2.45) is 0 Å². The van der Waals surface area contributed by atoms with Crippen LogP contribution in [-0.2, 0) is 0 Å². The van der Waals surface area contributed by atoms with Crippen molar-refractivity contribution < 1.29 is 9.53 Å². The van der Waals surface area contributed by atoms with Gasteiger partial charge in [-0.25, -0.2) is 0 Å². The molecule has 0 aliphatic rings. The third-order valence-electron chi connectivity index (χ3n) is 3.08. The summed E-state index contributed by atoms with van der Waals surface area (Å²) >= 11 is 1.52. The Kier molecular flexibility index (Phi) is 3.52. The van der Waals surface area contributed by atoms with Gasteiger partial charge in [0.2, 0.25) is 5.78 Å². The predicted octanol–water partition coefficient (Wildman–Crippen LogP) is 4.53. The fraction of sp³-hybridized carbons (Fsp3) is 0.118. The number of ether oxygens (including phenoxy) is 1. The van der Waals surface area contributed by atoms with E-state index in [0.717, 1.165) is 15.0 Å². The van der Waals surface area contributed by atoms with E-state index in [-0.39, 0.29) is 5.78 Å². The molecule has 0 spiro atoms. The zero-order valence-electron chi connectivity index (χ0n) is 11.1. The molecule has 0 unspecified atom stereocenters. The molecule has 0 amide bonds. The first kappa shape index (κ1) is 12.9. The molecular weight excluding hydrogens is 268 g/mol. The first-order chi connectivity index (χ1) is 9.79. The average Bonchev–Trinajstić information content (AvgIpc) is 2.91. The average molecular weight is 282 g/mol. The SMILES string of the molecule is CCOc1ccccc1C(=O)c1cc2ccccc2s1. The zero-order valence-corrected chi connectivity index (χ0v) is 11.9. The van der Waals surface area contributed by atoms with E-state index in [0.29, 0.717) is 17.9 Å². The number of para-hydroxylation sites is 1. The van der Waals surface area contributed by atoms with Crippen LogP contribution >= 0.6 is 11.3 Å². The molecule has 3 aromatic rings. The number of benzene rings is 2. The molecular formula is C17H14O2S. The van der Waals surface area contributed by atoms with Crippen LogP contribution in [0.5, 0.6) is 5.75 Å². The molecule has 1 heterocycles. The number of hydrogen-bond acceptors (Lipinski definition) is 3. The van der Waals surface area contributed by atoms with Crippen molar-refractivity contribution in [3.8, 4) is 5.75 Å². The number of carbonyl (C=O) groups is 1. The highest BCUT2D eigenvalue weighted by atomic mass is 32.1. The van der Waals surface area contributed by atoms with Crippen LogP contribution in [0.2, 0.25) is 0 Å². The lowest BCUT2D eigenvalue weighted by Gasteiger charge is -2.07. The van der Waals surface area contributed by atoms with Crippen LogP contribution in [0.3, 0.4) is 0 Å². The summed E-state index contributed by atoms with van der Waals surface area (Å²) in [5, 5.41) is 1.11. The molecule has 0 fully saturated rings. The lowest BCUT2D eigenvalue weighted by molar-refractivity contribution is 0.103. The van der Waals surface area contributed by atoms with Gasteiger partial charge in [-0.2, -0.15) is 0 Å². The van der Waals surface area contributed by atoms with Gasteiger partial charge in [-0.3, -0.25) is 4.79 Å². The second kappa shape index (κ2) is 5.47. The lowest BCUT2D eigenvalue weighted by Crippen LogP contribution is -2.03. The number of rotatable bonds is 4. The Morgan fingerprint density at radius 1 is 1.10 bits per heavy atom. The van der Waals surface area contributed by atoms with Crippen molar-refractivity contribution in [2.75, 3.05) is 6.61 Å². The largest absolute Gasteiger partial charge is 0.493 e. The summed E-state index contributed by atoms with van der Waals surface area (Å²) in [6, 6.07) is 17.4. The van der Waals surface area contributed by atoms with Gasteiger partial charge in [0.1, 0.15) is 5.75 Å². The molecule has 100 valence electrons. The minimum Gasteiger partial charge on any atom is -0.493 e. The second-order valence-corrected chi connectivity index (χ2v) is 5.49. The van der Waals surface area contributed by atoms with Crippen LogP contribution < -0.4 is 4.74 Å². The van der Waals surface area contributed by atoms with Crippen LogP contribution in [0.1, 0.15) is 22.2 Å². The van der Waals surface area contributed by atoms with E-state index in [4.69, 9.17) is 4.74 Å². The Morgan fingerprint density at radius 2 is 1.85 bits per heavy atom. The van der Waals surface area contributed by atoms with E-state index < -0.39 is 0 Å². The number of thiophene rings is 1. The summed E-state index contributed by atoms with van der Waals surface area (Å²) in [7, 11) is 0. The number of fused-ring (bicyclic) bond motifs is 1. The highest BCUT2D eigenvalue weighted by Gasteiger charge is 2.16. The molecule has 0 N–H and O–H groups in total. The van der Waals surface area contributed by atoms with Gasteiger partial charge in [-0.15, -0.1) is 11.3 Å². The molecule has 0 radical (unpaired) electrons. The van der Waals surface area contributed by atoms with Gasteiger partial charge in [0.25, 0.3) is 0 Å². The summed E-state index contributed by atoms with van der Waals surface area (Å²) in [6.45, 7) is 2.47. The third kappa shape index (κ3) is 2.32. The zero-order chi connectivity index (χ0) is 13.9. The first-order valence-electron chi connectivity index (χ1n) is 6.54. The Morgan fingerprint density at radius 3 is 2.65 bits per heavy atom. The van der Waals surface area contributed by atoms with Crippen LogP contribution in [0.15, 0.2) is 54.6 Å². The Bertz CT molecular complexity index is 725. The monoisotopic (exact) mass is 282 g/mol. The summed E-state index contributed by atoms with van der Waals surface area (Å²) in [6.07, 6.45) is 0. The van der Waals surface area contributed by atoms with Crippen molar-refractivity contribution >= 4 is 27.2 Å². The minimum atomic E-state index is 0.0234. The van der Waals surface area contributed by atoms with Crippen molar-refractivity contribution in [1.82, 2.24) is 0 Å². The third-order valence-corrected chi connectivity index (χ3v) is 4.20. The van der Waals surface area contributed by atoms with Gasteiger partial charge in [0.15, 0.2) is 0 Å². The molecule has 0 saturated carbocycles. The van der Waals surface area contributed by atoms with Crippen molar-refractivity contribution in [1.29, 1.82) is 0 Å². The van der Waals surface area contributed by atoms with E-state index in [1.165, 1.54) is 11.3 Å². The van der Waals surface area contributed by atoms with Gasteiger partial charge in [-0.1, -0.05) is 30.3 Å². The number of ketones is 1. The number of carbonyl (C=O) groups excluding carboxylic acids is 1. The smallest absolute Gasteiger partial charge is 0.206 e. The fourth-order valence-corrected chi connectivity index (χ4v) is 3.18. The molecule has 0 bridgehead atoms. The fourth-order valence-electron chi connectivity index (χ4n) is 2.16. The summed E-state index contributed by atoms with van der Waals surface area (Å²) in [5.74, 6) is 0.674. The van der Waals surface area contributed by atoms with Crippen molar-refractivity contribution in [3.05, 3.63) is 65.0 Å². The molecule has 3 heteroatoms. The lowest BCUT2D eigenvalue weighted by atomic mass is 10.1. The van der Waals surface area contributed by atoms with Crippen molar-refractivity contribution in [3.63, 3.8) is 0 Å². The molecule has 0 atom stereocenters. The molecule has 0 saturated heterocycles. The van der Waals surface area contributed by atoms with E-state index in [9.17, 15) is 4.79 Å². The van der Waals surface area contributed by atoms with Gasteiger partial charge >= 0.3 is 0 Å². The van der Waals surface area contributed by atoms with Crippen molar-refractivity contribution in [2.45, 2.75) is 6.92 Å². The highest BCUT2D eigenvalue weighted by Crippen LogP contribution is 2.29. The minimum absolute atomic E-state index is 0.0234. The van der Waals surface area contributed by atoms with Crippen LogP contribution in [0, 0.1) is 0 Å². The van der Waals surface area contributed by atoms with E-state index in [1.807, 2.05) is 61.5 Å². The van der Waals surface area contributed by atoms with Crippen LogP contribution in [0.4, 0.5) is 0 Å². The van der Waals surface area contributed by atoms with E-state index in [2.05, 4.69) is 0 Å². The second-order valence-electron chi connectivity index (χ2n) is 4.41. The molecule has 2 aromatic carbocycles. The normalized spacial score (nSPS) is 10.7. The first-order valence-corrected chi connectivity index (χ1v) is 7.36. The van der Waals surface area contributed by atoms with Gasteiger partial charge in [0, 0.05) is 4.70 Å². The van der Waals surface area contributed by atoms with Crippen LogP contribution in [0.25, 0.3) is 10.1 Å². The maximum absolute atomic E-state index is 12.6. The van der Waals surface area contributed by atoms with Gasteiger partial charge in [-0.05, 0) is 36.6 Å². The molecule has 3 rings (SSSR count). The molecule has 2 nitrogen and oxygen atoms in total. The van der Waals surface area contributed by atoms with Gasteiger partial charge < -0.3 is 4.74 Å². The number of hydrogen-bond donors (Lipinski definition) is 0. The van der Waals surface area contributed by atoms with Gasteiger partial charge in [0.05, 0.1) is 17.0 Å². The standard InChI is InChI=1S/C17H14O2S/c1-2-19-14-9-5-4-8-13(14)17(18)16-11-12-7-3-6-10-15(12)20-16/h3-11H,2H2,1H3. The maximum atomic E-state index is 12.6. The van der Waals surface area contributed by atoms with E-state index >= 15 is 0 Å². The Balaban J connectivity index is 2.04. The molecule has 0 aliphatic carbocycles. The Hall–Kier alpha value is -2.13. The highest BCUT2D eigenvalue weighted by molar-refractivity contribution is 7.21. The molecule has 0 aliphatic heterocycles. The summed E-state index contributed by atoms with van der Waals surface area (Å²) in [4.78, 5) is 13.4. The van der Waals surface area contributed by atoms with Crippen LogP contribution in [-0.4, -0.2) is 12.4 Å². The molecule has 20 heavy (non-hydrogen) atoms. The molecule has 1 aromatic heterocycles. The maximum Gasteiger partial charge on any atom is 0.206 e. The summed E-state index contributed by atoms with van der Waals surface area (Å²) < 4.78 is 6.67. The topological polar surface area (TPSA) is 26.3 Å². The quantitative estimate of drug-likeness (QED) is 0.657. The Labute approximate surface area is 121 Å². The van der Waals surface area contributed by atoms with E-state index in [1.54, 1.807) is 0 Å². The summed E-state index contributed by atoms with van der Waals surface area (Å²) in [5.41, 5.74) is 0.626. The predicted molar refractivity (Wildman–Crippen MR) is 82.9 cm³/mol.